The van der Waals surface area contributed by atoms with Crippen molar-refractivity contribution in [3.8, 4) is 11.5 Å². The molecule has 0 saturated heterocycles. The van der Waals surface area contributed by atoms with Gasteiger partial charge >= 0.3 is 0 Å². The molecule has 0 spiro atoms. The van der Waals surface area contributed by atoms with Crippen molar-refractivity contribution in [3.05, 3.63) is 18.2 Å². The number of nitrogens with two attached hydrogens (primary N) is 1. The van der Waals surface area contributed by atoms with Gasteiger partial charge < -0.3 is 20.9 Å². The lowest BCUT2D eigenvalue weighted by Crippen LogP contribution is -2.37. The Hall–Kier alpha value is -1.91. The van der Waals surface area contributed by atoms with E-state index in [0.29, 0.717) is 18.2 Å². The number of carbonyl (C=O) groups is 1. The molecule has 1 unspecified atom stereocenters. The number of benzene rings is 1. The number of para-hydroxylation sites is 1. The summed E-state index contributed by atoms with van der Waals surface area (Å²) in [5.74, 6) is 0.609. The van der Waals surface area contributed by atoms with Gasteiger partial charge in [0.1, 0.15) is 17.2 Å². The fraction of sp³-hybridized carbons (Fsp3) is 0.500. The molecule has 0 radical (unpaired) electrons. The second-order valence-electron chi connectivity index (χ2n) is 4.92. The normalized spacial score (nSPS) is 12.2. The number of hydrogen-bond donors (Lipinski definition) is 3. The van der Waals surface area contributed by atoms with E-state index in [1.165, 1.54) is 6.07 Å². The van der Waals surface area contributed by atoms with E-state index < -0.39 is 6.10 Å². The van der Waals surface area contributed by atoms with Crippen LogP contribution in [-0.2, 0) is 4.79 Å². The summed E-state index contributed by atoms with van der Waals surface area (Å²) >= 11 is 0. The van der Waals surface area contributed by atoms with E-state index in [1.807, 2.05) is 0 Å². The Balaban J connectivity index is 2.52. The largest absolute Gasteiger partial charge is 0.506 e. The summed E-state index contributed by atoms with van der Waals surface area (Å²) < 4.78 is 5.45. The lowest BCUT2D eigenvalue weighted by Gasteiger charge is -2.16. The minimum Gasteiger partial charge on any atom is -0.506 e. The van der Waals surface area contributed by atoms with Crippen LogP contribution < -0.4 is 15.8 Å². The van der Waals surface area contributed by atoms with E-state index in [1.54, 1.807) is 19.1 Å². The fourth-order valence-electron chi connectivity index (χ4n) is 1.51. The van der Waals surface area contributed by atoms with Crippen LogP contribution in [0.25, 0.3) is 0 Å². The van der Waals surface area contributed by atoms with Gasteiger partial charge in [-0.2, -0.15) is 0 Å². The van der Waals surface area contributed by atoms with Crippen LogP contribution in [0.3, 0.4) is 0 Å². The lowest BCUT2D eigenvalue weighted by atomic mass is 10.1. The Labute approximate surface area is 113 Å². The second-order valence-corrected chi connectivity index (χ2v) is 4.92. The van der Waals surface area contributed by atoms with Crippen molar-refractivity contribution in [1.29, 1.82) is 0 Å². The molecule has 0 aliphatic carbocycles. The van der Waals surface area contributed by atoms with Gasteiger partial charge in [-0.15, -0.1) is 0 Å². The zero-order valence-corrected chi connectivity index (χ0v) is 11.6. The number of carbonyl (C=O) groups excluding carboxylic acids is 1. The van der Waals surface area contributed by atoms with E-state index in [2.05, 4.69) is 19.2 Å². The SMILES string of the molecule is CC(C)CCNC(=O)C(C)Oc1cccc(O)c1N. The molecule has 0 fully saturated rings. The van der Waals surface area contributed by atoms with Crippen LogP contribution in [0.5, 0.6) is 11.5 Å². The molecule has 0 aliphatic rings. The van der Waals surface area contributed by atoms with Gasteiger partial charge in [-0.25, -0.2) is 0 Å². The summed E-state index contributed by atoms with van der Waals surface area (Å²) in [5.41, 5.74) is 5.81. The minimum atomic E-state index is -0.656. The molecular weight excluding hydrogens is 244 g/mol. The predicted molar refractivity (Wildman–Crippen MR) is 75.1 cm³/mol. The number of ether oxygens (including phenoxy) is 1. The summed E-state index contributed by atoms with van der Waals surface area (Å²) in [4.78, 5) is 11.8. The molecule has 1 atom stereocenters. The topological polar surface area (TPSA) is 84.6 Å². The number of rotatable bonds is 6. The average Bonchev–Trinajstić information content (AvgIpc) is 2.34. The summed E-state index contributed by atoms with van der Waals surface area (Å²) in [7, 11) is 0. The first-order valence-corrected chi connectivity index (χ1v) is 6.43. The Kier molecular flexibility index (Phi) is 5.48. The van der Waals surface area contributed by atoms with Gasteiger partial charge in [0.15, 0.2) is 6.10 Å². The van der Waals surface area contributed by atoms with Crippen LogP contribution in [0.1, 0.15) is 27.2 Å². The van der Waals surface area contributed by atoms with Crippen LogP contribution >= 0.6 is 0 Å². The van der Waals surface area contributed by atoms with Crippen molar-refractivity contribution >= 4 is 11.6 Å². The molecule has 1 aromatic carbocycles. The average molecular weight is 266 g/mol. The van der Waals surface area contributed by atoms with Gasteiger partial charge in [-0.3, -0.25) is 4.79 Å². The quantitative estimate of drug-likeness (QED) is 0.542. The number of aromatic hydroxyl groups is 1. The van der Waals surface area contributed by atoms with Crippen LogP contribution in [0, 0.1) is 5.92 Å². The molecule has 19 heavy (non-hydrogen) atoms. The van der Waals surface area contributed by atoms with Crippen LogP contribution in [-0.4, -0.2) is 23.7 Å². The third kappa shape index (κ3) is 4.69. The Bertz CT molecular complexity index is 433. The fourth-order valence-corrected chi connectivity index (χ4v) is 1.51. The number of hydrogen-bond acceptors (Lipinski definition) is 4. The van der Waals surface area contributed by atoms with Crippen LogP contribution in [0.2, 0.25) is 0 Å². The number of phenols is 1. The molecule has 106 valence electrons. The van der Waals surface area contributed by atoms with E-state index in [-0.39, 0.29) is 17.3 Å². The highest BCUT2D eigenvalue weighted by atomic mass is 16.5. The molecule has 1 aromatic rings. The predicted octanol–water partition coefficient (Wildman–Crippen LogP) is 1.90. The van der Waals surface area contributed by atoms with Gasteiger partial charge in [0, 0.05) is 6.54 Å². The van der Waals surface area contributed by atoms with Gasteiger partial charge in [-0.1, -0.05) is 19.9 Å². The molecular formula is C14H22N2O3. The maximum Gasteiger partial charge on any atom is 0.260 e. The van der Waals surface area contributed by atoms with Crippen molar-refractivity contribution in [1.82, 2.24) is 5.32 Å². The maximum atomic E-state index is 11.8. The molecule has 5 nitrogen and oxygen atoms in total. The highest BCUT2D eigenvalue weighted by molar-refractivity contribution is 5.81. The zero-order valence-electron chi connectivity index (χ0n) is 11.6. The van der Waals surface area contributed by atoms with Crippen LogP contribution in [0.4, 0.5) is 5.69 Å². The lowest BCUT2D eigenvalue weighted by molar-refractivity contribution is -0.127. The summed E-state index contributed by atoms with van der Waals surface area (Å²) in [5, 5.41) is 12.2. The van der Waals surface area contributed by atoms with E-state index in [9.17, 15) is 9.90 Å². The second kappa shape index (κ2) is 6.87. The summed E-state index contributed by atoms with van der Waals surface area (Å²) in [6, 6.07) is 4.70. The zero-order chi connectivity index (χ0) is 14.4. The monoisotopic (exact) mass is 266 g/mol. The Morgan fingerprint density at radius 1 is 1.42 bits per heavy atom. The third-order valence-electron chi connectivity index (χ3n) is 2.74. The first kappa shape index (κ1) is 15.1. The minimum absolute atomic E-state index is 0.0510. The van der Waals surface area contributed by atoms with Crippen molar-refractivity contribution in [2.45, 2.75) is 33.3 Å². The van der Waals surface area contributed by atoms with E-state index in [4.69, 9.17) is 10.5 Å². The highest BCUT2D eigenvalue weighted by Crippen LogP contribution is 2.30. The number of phenolic OH excluding ortho intramolecular Hbond substituents is 1. The molecule has 1 rings (SSSR count). The van der Waals surface area contributed by atoms with Gasteiger partial charge in [0.25, 0.3) is 5.91 Å². The van der Waals surface area contributed by atoms with E-state index in [0.717, 1.165) is 6.42 Å². The molecule has 0 aromatic heterocycles. The standard InChI is InChI=1S/C14H22N2O3/c1-9(2)7-8-16-14(18)10(3)19-12-6-4-5-11(17)13(12)15/h4-6,9-10,17H,7-8,15H2,1-3H3,(H,16,18). The van der Waals surface area contributed by atoms with Crippen molar-refractivity contribution in [2.24, 2.45) is 5.92 Å². The highest BCUT2D eigenvalue weighted by Gasteiger charge is 2.16. The van der Waals surface area contributed by atoms with Crippen molar-refractivity contribution in [2.75, 3.05) is 12.3 Å². The molecule has 1 amide bonds. The van der Waals surface area contributed by atoms with Crippen molar-refractivity contribution < 1.29 is 14.6 Å². The number of amides is 1. The first-order valence-electron chi connectivity index (χ1n) is 6.43. The van der Waals surface area contributed by atoms with Gasteiger partial charge in [0.2, 0.25) is 0 Å². The molecule has 0 saturated carbocycles. The Morgan fingerprint density at radius 3 is 2.74 bits per heavy atom. The van der Waals surface area contributed by atoms with Gasteiger partial charge in [-0.05, 0) is 31.4 Å². The van der Waals surface area contributed by atoms with E-state index >= 15 is 0 Å². The maximum absolute atomic E-state index is 11.8. The molecule has 0 heterocycles. The number of nitrogens with one attached hydrogen (secondary N) is 1. The molecule has 0 bridgehead atoms. The Morgan fingerprint density at radius 2 is 2.11 bits per heavy atom. The van der Waals surface area contributed by atoms with Crippen LogP contribution in [0.15, 0.2) is 18.2 Å². The molecule has 5 heteroatoms. The number of anilines is 1. The summed E-state index contributed by atoms with van der Waals surface area (Å²) in [6.07, 6.45) is 0.267. The smallest absolute Gasteiger partial charge is 0.260 e. The van der Waals surface area contributed by atoms with Gasteiger partial charge in [0.05, 0.1) is 0 Å². The third-order valence-corrected chi connectivity index (χ3v) is 2.74. The first-order chi connectivity index (χ1) is 8.91. The van der Waals surface area contributed by atoms with Crippen molar-refractivity contribution in [3.63, 3.8) is 0 Å². The molecule has 4 N–H and O–H groups in total. The molecule has 0 aliphatic heterocycles. The summed E-state index contributed by atoms with van der Waals surface area (Å²) in [6.45, 7) is 6.47. The number of nitrogen functional groups attached to an aromatic ring is 1.